The number of ether oxygens (including phenoxy) is 1. The van der Waals surface area contributed by atoms with E-state index in [0.29, 0.717) is 12.2 Å². The van der Waals surface area contributed by atoms with Crippen LogP contribution in [0.2, 0.25) is 0 Å². The van der Waals surface area contributed by atoms with Gasteiger partial charge in [0.25, 0.3) is 5.91 Å². The van der Waals surface area contributed by atoms with Crippen molar-refractivity contribution in [3.63, 3.8) is 0 Å². The Balaban J connectivity index is 1.15. The number of amides is 1. The highest BCUT2D eigenvalue weighted by molar-refractivity contribution is 7.82. The summed E-state index contributed by atoms with van der Waals surface area (Å²) in [6.07, 6.45) is 3.64. The Kier molecular flexibility index (Phi) is 9.21. The van der Waals surface area contributed by atoms with E-state index in [4.69, 9.17) is 4.74 Å². The number of rotatable bonds is 10. The Morgan fingerprint density at radius 3 is 2.40 bits per heavy atom. The molecule has 4 aromatic rings. The van der Waals surface area contributed by atoms with Crippen molar-refractivity contribution in [3.8, 4) is 16.9 Å². The van der Waals surface area contributed by atoms with E-state index < -0.39 is 11.0 Å². The van der Waals surface area contributed by atoms with E-state index in [1.165, 1.54) is 11.1 Å². The molecule has 1 amide bonds. The van der Waals surface area contributed by atoms with Gasteiger partial charge in [-0.1, -0.05) is 54.6 Å². The summed E-state index contributed by atoms with van der Waals surface area (Å²) in [5, 5.41) is 0. The number of piperazine rings is 1. The Morgan fingerprint density at radius 2 is 1.65 bits per heavy atom. The molecule has 1 aliphatic rings. The molecule has 1 unspecified atom stereocenters. The zero-order chi connectivity index (χ0) is 27.7. The van der Waals surface area contributed by atoms with Crippen LogP contribution in [0.25, 0.3) is 11.1 Å². The van der Waals surface area contributed by atoms with Crippen LogP contribution in [0.3, 0.4) is 0 Å². The second kappa shape index (κ2) is 13.4. The van der Waals surface area contributed by atoms with E-state index in [2.05, 4.69) is 49.8 Å². The van der Waals surface area contributed by atoms with Gasteiger partial charge in [0.1, 0.15) is 16.7 Å². The van der Waals surface area contributed by atoms with Gasteiger partial charge in [0, 0.05) is 55.7 Å². The Morgan fingerprint density at radius 1 is 0.925 bits per heavy atom. The molecule has 5 rings (SSSR count). The molecule has 1 N–H and O–H groups in total. The molecule has 1 aliphatic heterocycles. The van der Waals surface area contributed by atoms with Crippen molar-refractivity contribution in [1.82, 2.24) is 14.6 Å². The zero-order valence-corrected chi connectivity index (χ0v) is 23.5. The van der Waals surface area contributed by atoms with Crippen LogP contribution in [0.15, 0.2) is 97.3 Å². The van der Waals surface area contributed by atoms with Crippen molar-refractivity contribution < 1.29 is 13.7 Å². The van der Waals surface area contributed by atoms with Crippen LogP contribution < -0.4 is 14.4 Å². The van der Waals surface area contributed by atoms with E-state index in [9.17, 15) is 9.00 Å². The van der Waals surface area contributed by atoms with Gasteiger partial charge in [0.05, 0.1) is 18.6 Å². The van der Waals surface area contributed by atoms with Crippen LogP contribution >= 0.6 is 0 Å². The molecule has 206 valence electrons. The second-order valence-electron chi connectivity index (χ2n) is 9.72. The molecule has 3 aromatic carbocycles. The highest BCUT2D eigenvalue weighted by Crippen LogP contribution is 2.28. The van der Waals surface area contributed by atoms with Gasteiger partial charge in [0.15, 0.2) is 0 Å². The van der Waals surface area contributed by atoms with Gasteiger partial charge < -0.3 is 9.64 Å². The number of benzene rings is 3. The first kappa shape index (κ1) is 27.6. The first-order valence-electron chi connectivity index (χ1n) is 13.6. The molecule has 0 aliphatic carbocycles. The normalized spacial score (nSPS) is 14.5. The molecule has 0 bridgehead atoms. The summed E-state index contributed by atoms with van der Waals surface area (Å²) in [6.45, 7) is 7.12. The Labute approximate surface area is 238 Å². The van der Waals surface area contributed by atoms with Crippen LogP contribution in [0.1, 0.15) is 28.4 Å². The fourth-order valence-corrected chi connectivity index (χ4v) is 5.80. The number of nitrogens with zero attached hydrogens (tertiary/aromatic N) is 3. The molecule has 1 atom stereocenters. The van der Waals surface area contributed by atoms with Crippen molar-refractivity contribution in [2.45, 2.75) is 19.2 Å². The van der Waals surface area contributed by atoms with Crippen molar-refractivity contribution in [1.29, 1.82) is 0 Å². The molecule has 0 saturated carbocycles. The lowest BCUT2D eigenvalue weighted by atomic mass is 10.0. The maximum absolute atomic E-state index is 12.6. The van der Waals surface area contributed by atoms with Gasteiger partial charge in [0.2, 0.25) is 0 Å². The van der Waals surface area contributed by atoms with E-state index in [-0.39, 0.29) is 11.7 Å². The fourth-order valence-electron chi connectivity index (χ4n) is 4.90. The number of hydrogen-bond donors (Lipinski definition) is 1. The minimum Gasteiger partial charge on any atom is -0.492 e. The number of hydrogen-bond acceptors (Lipinski definition) is 6. The number of pyridine rings is 1. The minimum atomic E-state index is -1.47. The number of anilines is 1. The molecule has 2 heterocycles. The molecule has 0 radical (unpaired) electrons. The summed E-state index contributed by atoms with van der Waals surface area (Å²) in [6, 6.07) is 27.6. The lowest BCUT2D eigenvalue weighted by Gasteiger charge is -2.36. The third kappa shape index (κ3) is 7.14. The average Bonchev–Trinajstić information content (AvgIpc) is 2.99. The van der Waals surface area contributed by atoms with Crippen molar-refractivity contribution in [3.05, 3.63) is 114 Å². The van der Waals surface area contributed by atoms with Crippen molar-refractivity contribution in [2.75, 3.05) is 37.7 Å². The van der Waals surface area contributed by atoms with Gasteiger partial charge in [-0.25, -0.2) is 4.21 Å². The first-order valence-corrected chi connectivity index (χ1v) is 14.9. The predicted octanol–water partition coefficient (Wildman–Crippen LogP) is 5.06. The molecule has 0 spiro atoms. The van der Waals surface area contributed by atoms with Crippen molar-refractivity contribution in [2.24, 2.45) is 0 Å². The maximum atomic E-state index is 12.6. The summed E-state index contributed by atoms with van der Waals surface area (Å²) in [5.41, 5.74) is 6.02. The minimum absolute atomic E-state index is 0.288. The van der Waals surface area contributed by atoms with E-state index in [1.807, 2.05) is 55.6 Å². The standard InChI is InChI=1S/C32H34N4O3S/c1-2-39-30-20-28(21-33-22-30)31-11-7-6-10-27(31)23-35-16-18-36(19-17-35)29-14-12-26(13-15-29)32(37)34-40(38)24-25-8-4-3-5-9-25/h3-15,20-22H,2,16-19,23-24H2,1H3,(H,34,37). The number of aromatic nitrogens is 1. The number of carbonyl (C=O) groups is 1. The molecule has 1 fully saturated rings. The Hall–Kier alpha value is -4.01. The largest absolute Gasteiger partial charge is 0.492 e. The molecule has 40 heavy (non-hydrogen) atoms. The van der Waals surface area contributed by atoms with Crippen LogP contribution in [-0.4, -0.2) is 52.8 Å². The summed E-state index contributed by atoms with van der Waals surface area (Å²) >= 11 is 0. The van der Waals surface area contributed by atoms with Gasteiger partial charge in [-0.2, -0.15) is 0 Å². The molecule has 1 aromatic heterocycles. The lowest BCUT2D eigenvalue weighted by molar-refractivity contribution is 0.0983. The summed E-state index contributed by atoms with van der Waals surface area (Å²) < 4.78 is 20.6. The number of carbonyl (C=O) groups excluding carboxylic acids is 1. The van der Waals surface area contributed by atoms with Gasteiger partial charge in [-0.3, -0.25) is 19.4 Å². The molecule has 7 nitrogen and oxygen atoms in total. The third-order valence-electron chi connectivity index (χ3n) is 6.96. The highest BCUT2D eigenvalue weighted by atomic mass is 32.2. The molecular formula is C32H34N4O3S. The van der Waals surface area contributed by atoms with Gasteiger partial charge in [-0.15, -0.1) is 0 Å². The topological polar surface area (TPSA) is 74.8 Å². The highest BCUT2D eigenvalue weighted by Gasteiger charge is 2.19. The third-order valence-corrected chi connectivity index (χ3v) is 7.97. The SMILES string of the molecule is CCOc1cncc(-c2ccccc2CN2CCN(c3ccc(C(=O)NS(=O)Cc4ccccc4)cc3)CC2)c1. The quantitative estimate of drug-likeness (QED) is 0.295. The van der Waals surface area contributed by atoms with E-state index in [0.717, 1.165) is 55.3 Å². The van der Waals surface area contributed by atoms with Gasteiger partial charge in [-0.05, 0) is 53.9 Å². The second-order valence-corrected chi connectivity index (χ2v) is 10.9. The van der Waals surface area contributed by atoms with Gasteiger partial charge >= 0.3 is 0 Å². The smallest absolute Gasteiger partial charge is 0.262 e. The monoisotopic (exact) mass is 554 g/mol. The lowest BCUT2D eigenvalue weighted by Crippen LogP contribution is -2.46. The van der Waals surface area contributed by atoms with E-state index in [1.54, 1.807) is 18.3 Å². The molecule has 1 saturated heterocycles. The fraction of sp³-hybridized carbons (Fsp3) is 0.250. The summed E-state index contributed by atoms with van der Waals surface area (Å²) in [7, 11) is -1.47. The first-order chi connectivity index (χ1) is 19.6. The van der Waals surface area contributed by atoms with E-state index >= 15 is 0 Å². The van der Waals surface area contributed by atoms with Crippen LogP contribution in [0.4, 0.5) is 5.69 Å². The number of nitrogens with one attached hydrogen (secondary N) is 1. The Bertz CT molecular complexity index is 1440. The maximum Gasteiger partial charge on any atom is 0.262 e. The van der Waals surface area contributed by atoms with Crippen LogP contribution in [-0.2, 0) is 23.3 Å². The summed E-state index contributed by atoms with van der Waals surface area (Å²) in [5.74, 6) is 0.745. The van der Waals surface area contributed by atoms with Crippen molar-refractivity contribution >= 4 is 22.6 Å². The zero-order valence-electron chi connectivity index (χ0n) is 22.7. The predicted molar refractivity (Wildman–Crippen MR) is 161 cm³/mol. The summed E-state index contributed by atoms with van der Waals surface area (Å²) in [4.78, 5) is 21.8. The molecule has 8 heteroatoms. The average molecular weight is 555 g/mol. The van der Waals surface area contributed by atoms with Crippen LogP contribution in [0.5, 0.6) is 5.75 Å². The van der Waals surface area contributed by atoms with Crippen LogP contribution in [0, 0.1) is 0 Å². The molecular weight excluding hydrogens is 520 g/mol.